The maximum atomic E-state index is 12.8. The summed E-state index contributed by atoms with van der Waals surface area (Å²) < 4.78 is 12.9. The van der Waals surface area contributed by atoms with E-state index < -0.39 is 0 Å². The first-order chi connectivity index (χ1) is 13.2. The summed E-state index contributed by atoms with van der Waals surface area (Å²) in [6.45, 7) is 1.01. The van der Waals surface area contributed by atoms with E-state index in [9.17, 15) is 4.79 Å². The van der Waals surface area contributed by atoms with Crippen molar-refractivity contribution in [2.75, 3.05) is 0 Å². The van der Waals surface area contributed by atoms with Gasteiger partial charge in [-0.15, -0.1) is 0 Å². The van der Waals surface area contributed by atoms with Crippen molar-refractivity contribution in [2.24, 2.45) is 7.05 Å². The van der Waals surface area contributed by atoms with E-state index in [4.69, 9.17) is 9.15 Å². The average Bonchev–Trinajstić information content (AvgIpc) is 3.41. The van der Waals surface area contributed by atoms with Crippen molar-refractivity contribution < 1.29 is 13.9 Å². The maximum Gasteiger partial charge on any atom is 0.410 e. The molecule has 3 aromatic rings. The van der Waals surface area contributed by atoms with Gasteiger partial charge in [-0.25, -0.2) is 4.79 Å². The lowest BCUT2D eigenvalue weighted by atomic mass is 10.2. The third kappa shape index (κ3) is 3.89. The van der Waals surface area contributed by atoms with E-state index in [1.807, 2.05) is 54.2 Å². The summed E-state index contributed by atoms with van der Waals surface area (Å²) in [5, 5.41) is 4.64. The first-order valence-corrected chi connectivity index (χ1v) is 9.22. The molecule has 6 heteroatoms. The smallest absolute Gasteiger partial charge is 0.410 e. The second-order valence-electron chi connectivity index (χ2n) is 6.82. The minimum Gasteiger partial charge on any atom is -0.467 e. The Morgan fingerprint density at radius 3 is 2.81 bits per heavy atom. The van der Waals surface area contributed by atoms with Crippen molar-refractivity contribution in [2.45, 2.75) is 39.0 Å². The third-order valence-corrected chi connectivity index (χ3v) is 4.93. The molecule has 1 aliphatic carbocycles. The Balaban J connectivity index is 1.50. The average molecular weight is 365 g/mol. The van der Waals surface area contributed by atoms with Crippen LogP contribution in [0.2, 0.25) is 0 Å². The van der Waals surface area contributed by atoms with Gasteiger partial charge in [-0.3, -0.25) is 9.58 Å². The molecule has 27 heavy (non-hydrogen) atoms. The number of hydrogen-bond donors (Lipinski definition) is 0. The van der Waals surface area contributed by atoms with Crippen LogP contribution in [0.1, 0.15) is 34.7 Å². The van der Waals surface area contributed by atoms with Crippen molar-refractivity contribution in [1.82, 2.24) is 14.7 Å². The summed E-state index contributed by atoms with van der Waals surface area (Å²) in [7, 11) is 1.97. The molecule has 1 aromatic carbocycles. The summed E-state index contributed by atoms with van der Waals surface area (Å²) in [6, 6.07) is 13.4. The molecule has 1 amide bonds. The Bertz CT molecular complexity index is 900. The van der Waals surface area contributed by atoms with Gasteiger partial charge >= 0.3 is 6.09 Å². The summed E-state index contributed by atoms with van der Waals surface area (Å²) in [4.78, 5) is 14.4. The number of aryl methyl sites for hydroxylation is 1. The lowest BCUT2D eigenvalue weighted by Gasteiger charge is -2.21. The van der Waals surface area contributed by atoms with Crippen LogP contribution in [0.3, 0.4) is 0 Å². The largest absolute Gasteiger partial charge is 0.467 e. The molecule has 0 N–H and O–H groups in total. The predicted molar refractivity (Wildman–Crippen MR) is 99.8 cm³/mol. The standard InChI is InChI=1S/C21H23N3O3/c1-23-20-11-5-10-18(20)19(22-23)14-24(13-17-9-6-12-26-17)21(25)27-15-16-7-3-2-4-8-16/h2-4,6-9,12H,5,10-11,13-15H2,1H3. The van der Waals surface area contributed by atoms with E-state index in [1.165, 1.54) is 11.3 Å². The zero-order chi connectivity index (χ0) is 18.6. The Hall–Kier alpha value is -3.02. The van der Waals surface area contributed by atoms with Crippen LogP contribution in [0, 0.1) is 0 Å². The van der Waals surface area contributed by atoms with Gasteiger partial charge in [0, 0.05) is 12.7 Å². The first-order valence-electron chi connectivity index (χ1n) is 9.22. The minimum atomic E-state index is -0.368. The van der Waals surface area contributed by atoms with Gasteiger partial charge < -0.3 is 9.15 Å². The van der Waals surface area contributed by atoms with Gasteiger partial charge in [-0.2, -0.15) is 5.10 Å². The highest BCUT2D eigenvalue weighted by molar-refractivity contribution is 5.67. The molecule has 0 atom stereocenters. The molecule has 0 unspecified atom stereocenters. The van der Waals surface area contributed by atoms with Gasteiger partial charge in [0.1, 0.15) is 12.4 Å². The minimum absolute atomic E-state index is 0.245. The quantitative estimate of drug-likeness (QED) is 0.666. The zero-order valence-corrected chi connectivity index (χ0v) is 15.4. The molecule has 0 radical (unpaired) electrons. The SMILES string of the molecule is Cn1nc(CN(Cc2ccco2)C(=O)OCc2ccccc2)c2c1CCC2. The number of aromatic nitrogens is 2. The lowest BCUT2D eigenvalue weighted by Crippen LogP contribution is -2.31. The highest BCUT2D eigenvalue weighted by Gasteiger charge is 2.25. The molecular weight excluding hydrogens is 342 g/mol. The highest BCUT2D eigenvalue weighted by Crippen LogP contribution is 2.26. The van der Waals surface area contributed by atoms with E-state index in [-0.39, 0.29) is 12.7 Å². The summed E-state index contributed by atoms with van der Waals surface area (Å²) in [5.74, 6) is 0.722. The number of ether oxygens (including phenoxy) is 1. The molecule has 140 valence electrons. The molecule has 1 aliphatic rings. The molecule has 0 fully saturated rings. The monoisotopic (exact) mass is 365 g/mol. The van der Waals surface area contributed by atoms with Crippen LogP contribution in [0.4, 0.5) is 4.79 Å². The van der Waals surface area contributed by atoms with Crippen LogP contribution >= 0.6 is 0 Å². The van der Waals surface area contributed by atoms with Gasteiger partial charge in [0.25, 0.3) is 0 Å². The number of hydrogen-bond acceptors (Lipinski definition) is 4. The van der Waals surface area contributed by atoms with Crippen molar-refractivity contribution in [3.05, 3.63) is 77.0 Å². The van der Waals surface area contributed by atoms with Gasteiger partial charge in [-0.1, -0.05) is 30.3 Å². The van der Waals surface area contributed by atoms with Crippen LogP contribution in [-0.2, 0) is 44.3 Å². The fourth-order valence-electron chi connectivity index (χ4n) is 3.59. The number of nitrogens with zero attached hydrogens (tertiary/aromatic N) is 3. The Kier molecular flexibility index (Phi) is 4.96. The number of amides is 1. The van der Waals surface area contributed by atoms with Crippen molar-refractivity contribution in [3.8, 4) is 0 Å². The zero-order valence-electron chi connectivity index (χ0n) is 15.4. The normalized spacial score (nSPS) is 12.8. The van der Waals surface area contributed by atoms with Crippen LogP contribution < -0.4 is 0 Å². The third-order valence-electron chi connectivity index (χ3n) is 4.93. The fraction of sp³-hybridized carbons (Fsp3) is 0.333. The number of carbonyl (C=O) groups excluding carboxylic acids is 1. The van der Waals surface area contributed by atoms with E-state index in [1.54, 1.807) is 11.2 Å². The molecule has 2 aromatic heterocycles. The molecule has 0 bridgehead atoms. The van der Waals surface area contributed by atoms with Gasteiger partial charge in [0.2, 0.25) is 0 Å². The van der Waals surface area contributed by atoms with Crippen molar-refractivity contribution in [3.63, 3.8) is 0 Å². The predicted octanol–water partition coefficient (Wildman–Crippen LogP) is 3.84. The first kappa shape index (κ1) is 17.4. The van der Waals surface area contributed by atoms with Crippen molar-refractivity contribution >= 4 is 6.09 Å². The summed E-state index contributed by atoms with van der Waals surface area (Å²) in [5.41, 5.74) is 4.47. The van der Waals surface area contributed by atoms with Gasteiger partial charge in [0.05, 0.1) is 25.0 Å². The maximum absolute atomic E-state index is 12.8. The molecule has 2 heterocycles. The molecule has 0 saturated heterocycles. The Morgan fingerprint density at radius 2 is 2.04 bits per heavy atom. The highest BCUT2D eigenvalue weighted by atomic mass is 16.6. The van der Waals surface area contributed by atoms with E-state index in [2.05, 4.69) is 5.10 Å². The molecule has 4 rings (SSSR count). The van der Waals surface area contributed by atoms with Gasteiger partial charge in [-0.05, 0) is 42.5 Å². The van der Waals surface area contributed by atoms with Crippen LogP contribution in [-0.4, -0.2) is 20.8 Å². The molecular formula is C21H23N3O3. The van der Waals surface area contributed by atoms with Crippen LogP contribution in [0.15, 0.2) is 53.1 Å². The number of fused-ring (bicyclic) bond motifs is 1. The summed E-state index contributed by atoms with van der Waals surface area (Å²) in [6.07, 6.45) is 4.46. The van der Waals surface area contributed by atoms with E-state index in [0.29, 0.717) is 13.1 Å². The molecule has 6 nitrogen and oxygen atoms in total. The second kappa shape index (κ2) is 7.70. The van der Waals surface area contributed by atoms with Gasteiger partial charge in [0.15, 0.2) is 0 Å². The Labute approximate surface area is 158 Å². The van der Waals surface area contributed by atoms with Crippen LogP contribution in [0.25, 0.3) is 0 Å². The van der Waals surface area contributed by atoms with E-state index in [0.717, 1.165) is 36.3 Å². The van der Waals surface area contributed by atoms with E-state index >= 15 is 0 Å². The number of carbonyl (C=O) groups is 1. The fourth-order valence-corrected chi connectivity index (χ4v) is 3.59. The number of benzene rings is 1. The lowest BCUT2D eigenvalue weighted by molar-refractivity contribution is 0.0878. The molecule has 0 saturated carbocycles. The number of rotatable bonds is 6. The van der Waals surface area contributed by atoms with Crippen LogP contribution in [0.5, 0.6) is 0 Å². The van der Waals surface area contributed by atoms with Crippen molar-refractivity contribution in [1.29, 1.82) is 0 Å². The molecule has 0 spiro atoms. The topological polar surface area (TPSA) is 60.5 Å². The number of furan rings is 1. The molecule has 0 aliphatic heterocycles. The summed E-state index contributed by atoms with van der Waals surface area (Å²) >= 11 is 0. The second-order valence-corrected chi connectivity index (χ2v) is 6.82. The Morgan fingerprint density at radius 1 is 1.19 bits per heavy atom.